The second-order valence-electron chi connectivity index (χ2n) is 11.7. The van der Waals surface area contributed by atoms with Crippen molar-refractivity contribution in [2.75, 3.05) is 13.6 Å². The summed E-state index contributed by atoms with van der Waals surface area (Å²) >= 11 is 0. The number of aliphatic hydroxyl groups excluding tert-OH is 1. The number of aliphatic hydroxyl groups is 1. The van der Waals surface area contributed by atoms with Gasteiger partial charge in [-0.15, -0.1) is 0 Å². The van der Waals surface area contributed by atoms with Gasteiger partial charge in [-0.1, -0.05) is 72.3 Å². The van der Waals surface area contributed by atoms with Crippen LogP contribution >= 0.6 is 0 Å². The summed E-state index contributed by atoms with van der Waals surface area (Å²) in [5.74, 6) is -0.742. The fraction of sp³-hybridized carbons (Fsp3) is 0.406. The Bertz CT molecular complexity index is 1370. The third-order valence-corrected chi connectivity index (χ3v) is 6.96. The first-order valence-electron chi connectivity index (χ1n) is 13.7. The lowest BCUT2D eigenvalue weighted by atomic mass is 9.99. The summed E-state index contributed by atoms with van der Waals surface area (Å²) in [4.78, 5) is 43.0. The molecule has 3 atom stereocenters. The summed E-state index contributed by atoms with van der Waals surface area (Å²) in [7, 11) is 1.71. The Morgan fingerprint density at radius 3 is 2.40 bits per heavy atom. The number of carbonyl (C=O) groups is 3. The number of ether oxygens (including phenoxy) is 1. The van der Waals surface area contributed by atoms with Gasteiger partial charge in [0.05, 0.1) is 12.6 Å². The van der Waals surface area contributed by atoms with Gasteiger partial charge in [-0.3, -0.25) is 14.5 Å². The van der Waals surface area contributed by atoms with Gasteiger partial charge in [0.1, 0.15) is 17.7 Å². The lowest BCUT2D eigenvalue weighted by Crippen LogP contribution is -2.54. The summed E-state index contributed by atoms with van der Waals surface area (Å²) in [5, 5.41) is 15.4. The van der Waals surface area contributed by atoms with Gasteiger partial charge < -0.3 is 20.1 Å². The summed E-state index contributed by atoms with van der Waals surface area (Å²) in [5.41, 5.74) is 2.29. The Balaban J connectivity index is 1.57. The van der Waals surface area contributed by atoms with Crippen LogP contribution in [0.25, 0.3) is 10.8 Å². The average Bonchev–Trinajstić information content (AvgIpc) is 3.29. The Kier molecular flexibility index (Phi) is 8.79. The third-order valence-electron chi connectivity index (χ3n) is 6.96. The van der Waals surface area contributed by atoms with Crippen LogP contribution < -0.4 is 5.32 Å². The van der Waals surface area contributed by atoms with Crippen molar-refractivity contribution in [1.29, 1.82) is 0 Å². The first-order chi connectivity index (χ1) is 18.9. The number of hydrogen-bond donors (Lipinski definition) is 2. The number of benzene rings is 3. The van der Waals surface area contributed by atoms with E-state index in [2.05, 4.69) is 11.4 Å². The number of amides is 3. The molecule has 212 valence electrons. The van der Waals surface area contributed by atoms with Crippen LogP contribution in [0, 0.1) is 6.92 Å². The van der Waals surface area contributed by atoms with Gasteiger partial charge in [-0.05, 0) is 49.6 Å². The van der Waals surface area contributed by atoms with Crippen molar-refractivity contribution in [3.05, 3.63) is 83.4 Å². The molecular formula is C32H39N3O5. The Labute approximate surface area is 235 Å². The predicted molar refractivity (Wildman–Crippen MR) is 155 cm³/mol. The highest BCUT2D eigenvalue weighted by molar-refractivity contribution is 5.92. The normalized spacial score (nSPS) is 17.9. The highest BCUT2D eigenvalue weighted by Crippen LogP contribution is 2.23. The van der Waals surface area contributed by atoms with E-state index in [9.17, 15) is 19.5 Å². The molecule has 0 aliphatic carbocycles. The van der Waals surface area contributed by atoms with Crippen LogP contribution in [0.15, 0.2) is 66.7 Å². The molecule has 3 aromatic rings. The molecule has 40 heavy (non-hydrogen) atoms. The van der Waals surface area contributed by atoms with Crippen LogP contribution in [0.3, 0.4) is 0 Å². The number of fused-ring (bicyclic) bond motifs is 1. The SMILES string of the molecule is Cc1ccc2cc(C[C@H](NC(=O)[C@@H]3C[C@@H](O)CN3C(=O)OC(C)(C)C)C(=O)N(C)Cc3ccccc3)ccc2c1. The zero-order valence-corrected chi connectivity index (χ0v) is 23.9. The second kappa shape index (κ2) is 12.1. The highest BCUT2D eigenvalue weighted by atomic mass is 16.6. The lowest BCUT2D eigenvalue weighted by Gasteiger charge is -2.30. The molecule has 1 fully saturated rings. The molecule has 0 unspecified atom stereocenters. The standard InChI is InChI=1S/C32H39N3O5/c1-21-11-13-25-16-23(12-14-24(25)15-21)17-27(30(38)34(5)19-22-9-7-6-8-10-22)33-29(37)28-18-26(36)20-35(28)31(39)40-32(2,3)4/h6-16,26-28,36H,17-20H2,1-5H3,(H,33,37)/t26-,27+,28+/m1/s1. The van der Waals surface area contributed by atoms with Gasteiger partial charge in [0.25, 0.3) is 0 Å². The van der Waals surface area contributed by atoms with Gasteiger partial charge in [0, 0.05) is 26.4 Å². The molecule has 0 radical (unpaired) electrons. The van der Waals surface area contributed by atoms with Crippen LogP contribution in [-0.2, 0) is 27.3 Å². The molecular weight excluding hydrogens is 506 g/mol. The summed E-state index contributed by atoms with van der Waals surface area (Å²) in [6, 6.07) is 20.0. The van der Waals surface area contributed by atoms with E-state index in [0.29, 0.717) is 6.54 Å². The third kappa shape index (κ3) is 7.39. The Hall–Kier alpha value is -3.91. The minimum absolute atomic E-state index is 0.0103. The Morgan fingerprint density at radius 2 is 1.70 bits per heavy atom. The maximum Gasteiger partial charge on any atom is 0.411 e. The number of β-amino-alcohol motifs (C(OH)–C–C–N with tert-alkyl or cyclic N) is 1. The monoisotopic (exact) mass is 545 g/mol. The second-order valence-corrected chi connectivity index (χ2v) is 11.7. The molecule has 3 aromatic carbocycles. The van der Waals surface area contributed by atoms with Crippen molar-refractivity contribution in [2.24, 2.45) is 0 Å². The Morgan fingerprint density at radius 1 is 1.02 bits per heavy atom. The summed E-state index contributed by atoms with van der Waals surface area (Å²) in [6.45, 7) is 7.65. The number of nitrogens with one attached hydrogen (secondary N) is 1. The van der Waals surface area contributed by atoms with Crippen molar-refractivity contribution in [3.8, 4) is 0 Å². The van der Waals surface area contributed by atoms with Crippen LogP contribution in [0.5, 0.6) is 0 Å². The predicted octanol–water partition coefficient (Wildman–Crippen LogP) is 4.20. The minimum atomic E-state index is -0.945. The molecule has 0 bridgehead atoms. The first-order valence-corrected chi connectivity index (χ1v) is 13.7. The highest BCUT2D eigenvalue weighted by Gasteiger charge is 2.42. The number of carbonyl (C=O) groups excluding carboxylic acids is 3. The molecule has 0 saturated carbocycles. The summed E-state index contributed by atoms with van der Waals surface area (Å²) < 4.78 is 5.47. The first kappa shape index (κ1) is 29.1. The molecule has 4 rings (SSSR count). The summed E-state index contributed by atoms with van der Waals surface area (Å²) in [6.07, 6.45) is -1.18. The molecule has 8 nitrogen and oxygen atoms in total. The van der Waals surface area contributed by atoms with Crippen molar-refractivity contribution in [2.45, 2.75) is 70.9 Å². The van der Waals surface area contributed by atoms with E-state index < -0.39 is 35.8 Å². The maximum atomic E-state index is 13.7. The molecule has 8 heteroatoms. The van der Waals surface area contributed by atoms with Crippen LogP contribution in [0.4, 0.5) is 4.79 Å². The maximum absolute atomic E-state index is 13.7. The number of likely N-dealkylation sites (N-methyl/N-ethyl adjacent to an activating group) is 1. The van der Waals surface area contributed by atoms with E-state index in [0.717, 1.165) is 27.5 Å². The molecule has 2 N–H and O–H groups in total. The van der Waals surface area contributed by atoms with Crippen LogP contribution in [0.2, 0.25) is 0 Å². The van der Waals surface area contributed by atoms with Gasteiger partial charge in [0.15, 0.2) is 0 Å². The number of rotatable bonds is 7. The van der Waals surface area contributed by atoms with Crippen molar-refractivity contribution < 1.29 is 24.2 Å². The number of hydrogen-bond acceptors (Lipinski definition) is 5. The molecule has 3 amide bonds. The van der Waals surface area contributed by atoms with Gasteiger partial charge in [0.2, 0.25) is 11.8 Å². The molecule has 1 aliphatic heterocycles. The molecule has 0 aromatic heterocycles. The van der Waals surface area contributed by atoms with Gasteiger partial charge in [-0.2, -0.15) is 0 Å². The zero-order chi connectivity index (χ0) is 29.0. The van der Waals surface area contributed by atoms with Gasteiger partial charge in [-0.25, -0.2) is 4.79 Å². The molecule has 1 aliphatic rings. The fourth-order valence-electron chi connectivity index (χ4n) is 5.03. The number of likely N-dealkylation sites (tertiary alicyclic amines) is 1. The van der Waals surface area contributed by atoms with E-state index in [4.69, 9.17) is 4.74 Å². The number of nitrogens with zero attached hydrogens (tertiary/aromatic N) is 2. The minimum Gasteiger partial charge on any atom is -0.444 e. The lowest BCUT2D eigenvalue weighted by molar-refractivity contribution is -0.137. The largest absolute Gasteiger partial charge is 0.444 e. The van der Waals surface area contributed by atoms with E-state index in [1.165, 1.54) is 4.90 Å². The quantitative estimate of drug-likeness (QED) is 0.464. The topological polar surface area (TPSA) is 99.2 Å². The molecule has 1 saturated heterocycles. The van der Waals surface area contributed by atoms with E-state index in [-0.39, 0.29) is 25.3 Å². The van der Waals surface area contributed by atoms with E-state index in [1.54, 1.807) is 32.7 Å². The smallest absolute Gasteiger partial charge is 0.411 e. The average molecular weight is 546 g/mol. The van der Waals surface area contributed by atoms with Gasteiger partial charge >= 0.3 is 6.09 Å². The van der Waals surface area contributed by atoms with Crippen LogP contribution in [-0.4, -0.2) is 70.2 Å². The van der Waals surface area contributed by atoms with E-state index >= 15 is 0 Å². The zero-order valence-electron chi connectivity index (χ0n) is 23.9. The molecule has 1 heterocycles. The van der Waals surface area contributed by atoms with Crippen LogP contribution in [0.1, 0.15) is 43.9 Å². The van der Waals surface area contributed by atoms with Crippen molar-refractivity contribution in [1.82, 2.24) is 15.1 Å². The van der Waals surface area contributed by atoms with E-state index in [1.807, 2.05) is 67.6 Å². The van der Waals surface area contributed by atoms with Crippen molar-refractivity contribution >= 4 is 28.7 Å². The molecule has 0 spiro atoms. The number of aryl methyl sites for hydroxylation is 1. The van der Waals surface area contributed by atoms with Crippen molar-refractivity contribution in [3.63, 3.8) is 0 Å². The fourth-order valence-corrected chi connectivity index (χ4v) is 5.03.